The van der Waals surface area contributed by atoms with Crippen molar-refractivity contribution in [1.29, 1.82) is 0 Å². The Balaban J connectivity index is 1.64. The van der Waals surface area contributed by atoms with Gasteiger partial charge in [0.25, 0.3) is 0 Å². The van der Waals surface area contributed by atoms with Crippen LogP contribution >= 0.6 is 11.3 Å². The number of fused-ring (bicyclic) bond motifs is 1. The molecule has 1 aromatic carbocycles. The highest BCUT2D eigenvalue weighted by molar-refractivity contribution is 7.10. The molecule has 0 radical (unpaired) electrons. The lowest BCUT2D eigenvalue weighted by Crippen LogP contribution is -2.26. The van der Waals surface area contributed by atoms with E-state index >= 15 is 0 Å². The average molecular weight is 326 g/mol. The molecule has 0 aliphatic rings. The molecule has 5 heteroatoms. The molecule has 0 fully saturated rings. The van der Waals surface area contributed by atoms with Crippen LogP contribution in [-0.2, 0) is 11.8 Å². The molecular formula is C18H18N2O2S. The number of amides is 1. The van der Waals surface area contributed by atoms with Crippen molar-refractivity contribution in [3.63, 3.8) is 0 Å². The van der Waals surface area contributed by atoms with Crippen LogP contribution in [0.2, 0.25) is 0 Å². The molecule has 0 unspecified atom stereocenters. The molecule has 1 amide bonds. The first-order valence-electron chi connectivity index (χ1n) is 7.36. The summed E-state index contributed by atoms with van der Waals surface area (Å²) in [5.74, 6) is -0.210. The second kappa shape index (κ2) is 6.81. The highest BCUT2D eigenvalue weighted by Gasteiger charge is 2.14. The van der Waals surface area contributed by atoms with E-state index in [0.717, 1.165) is 21.3 Å². The van der Waals surface area contributed by atoms with E-state index in [1.807, 2.05) is 59.6 Å². The monoisotopic (exact) mass is 326 g/mol. The highest BCUT2D eigenvalue weighted by atomic mass is 32.1. The van der Waals surface area contributed by atoms with E-state index in [1.165, 1.54) is 6.08 Å². The number of thiophene rings is 1. The Kier molecular flexibility index (Phi) is 4.60. The van der Waals surface area contributed by atoms with Gasteiger partial charge in [-0.05, 0) is 23.6 Å². The summed E-state index contributed by atoms with van der Waals surface area (Å²) < 4.78 is 1.98. The predicted molar refractivity (Wildman–Crippen MR) is 94.2 cm³/mol. The molecule has 3 aromatic rings. The molecule has 0 saturated carbocycles. The van der Waals surface area contributed by atoms with Crippen LogP contribution in [0.4, 0.5) is 0 Å². The van der Waals surface area contributed by atoms with Crippen LogP contribution in [0.3, 0.4) is 0 Å². The van der Waals surface area contributed by atoms with E-state index in [-0.39, 0.29) is 12.5 Å². The van der Waals surface area contributed by atoms with Crippen molar-refractivity contribution >= 4 is 34.2 Å². The summed E-state index contributed by atoms with van der Waals surface area (Å²) >= 11 is 1.57. The first-order valence-corrected chi connectivity index (χ1v) is 8.24. The minimum Gasteiger partial charge on any atom is -0.386 e. The quantitative estimate of drug-likeness (QED) is 0.708. The number of nitrogens with zero attached hydrogens (tertiary/aromatic N) is 1. The third-order valence-corrected chi connectivity index (χ3v) is 4.54. The normalized spacial score (nSPS) is 12.8. The number of rotatable bonds is 5. The Labute approximate surface area is 138 Å². The zero-order valence-electron chi connectivity index (χ0n) is 12.8. The molecular weight excluding hydrogens is 308 g/mol. The van der Waals surface area contributed by atoms with Gasteiger partial charge in [-0.2, -0.15) is 0 Å². The number of aliphatic hydroxyl groups excluding tert-OH is 1. The molecule has 0 bridgehead atoms. The Morgan fingerprint density at radius 2 is 2.17 bits per heavy atom. The van der Waals surface area contributed by atoms with Gasteiger partial charge >= 0.3 is 0 Å². The van der Waals surface area contributed by atoms with Gasteiger partial charge in [0.1, 0.15) is 0 Å². The lowest BCUT2D eigenvalue weighted by Gasteiger charge is -2.10. The van der Waals surface area contributed by atoms with Gasteiger partial charge in [-0.15, -0.1) is 11.3 Å². The molecule has 2 heterocycles. The number of aliphatic hydroxyl groups is 1. The first-order chi connectivity index (χ1) is 11.1. The maximum atomic E-state index is 11.8. The Hall–Kier alpha value is -2.37. The molecule has 0 saturated heterocycles. The average Bonchev–Trinajstić information content (AvgIpc) is 3.19. The molecule has 0 aliphatic heterocycles. The van der Waals surface area contributed by atoms with E-state index in [2.05, 4.69) is 5.32 Å². The number of para-hydroxylation sites is 1. The first kappa shape index (κ1) is 15.5. The number of benzene rings is 1. The van der Waals surface area contributed by atoms with Crippen LogP contribution in [0.25, 0.3) is 17.0 Å². The summed E-state index contributed by atoms with van der Waals surface area (Å²) in [6.07, 6.45) is 4.43. The van der Waals surface area contributed by atoms with Crippen LogP contribution in [0.15, 0.2) is 54.1 Å². The summed E-state index contributed by atoms with van der Waals surface area (Å²) in [7, 11) is 1.95. The van der Waals surface area contributed by atoms with Crippen molar-refractivity contribution in [3.8, 4) is 0 Å². The summed E-state index contributed by atoms with van der Waals surface area (Å²) in [6, 6.07) is 11.8. The number of nitrogens with one attached hydrogen (secondary N) is 1. The summed E-state index contributed by atoms with van der Waals surface area (Å²) in [6.45, 7) is 0.182. The summed E-state index contributed by atoms with van der Waals surface area (Å²) in [5.41, 5.74) is 1.89. The minimum absolute atomic E-state index is 0.182. The van der Waals surface area contributed by atoms with Gasteiger partial charge in [-0.25, -0.2) is 0 Å². The third kappa shape index (κ3) is 3.52. The van der Waals surface area contributed by atoms with Gasteiger partial charge < -0.3 is 15.0 Å². The Morgan fingerprint density at radius 1 is 1.35 bits per heavy atom. The summed E-state index contributed by atoms with van der Waals surface area (Å²) in [4.78, 5) is 12.9. The molecule has 118 valence electrons. The van der Waals surface area contributed by atoms with Crippen LogP contribution in [0.1, 0.15) is 16.5 Å². The molecule has 0 spiro atoms. The molecule has 2 aromatic heterocycles. The van der Waals surface area contributed by atoms with Gasteiger partial charge in [0.2, 0.25) is 5.91 Å². The molecule has 1 atom stereocenters. The van der Waals surface area contributed by atoms with Crippen molar-refractivity contribution in [2.24, 2.45) is 7.05 Å². The largest absolute Gasteiger partial charge is 0.386 e. The fraction of sp³-hybridized carbons (Fsp3) is 0.167. The Morgan fingerprint density at radius 3 is 2.96 bits per heavy atom. The Bertz CT molecular complexity index is 834. The highest BCUT2D eigenvalue weighted by Crippen LogP contribution is 2.25. The summed E-state index contributed by atoms with van der Waals surface area (Å²) in [5, 5.41) is 16.1. The smallest absolute Gasteiger partial charge is 0.244 e. The topological polar surface area (TPSA) is 54.3 Å². The number of aryl methyl sites for hydroxylation is 1. The van der Waals surface area contributed by atoms with Gasteiger partial charge in [-0.3, -0.25) is 4.79 Å². The maximum absolute atomic E-state index is 11.8. The lowest BCUT2D eigenvalue weighted by atomic mass is 10.1. The van der Waals surface area contributed by atoms with Gasteiger partial charge in [-0.1, -0.05) is 24.3 Å². The minimum atomic E-state index is -0.736. The number of aromatic nitrogens is 1. The van der Waals surface area contributed by atoms with E-state index < -0.39 is 6.10 Å². The molecule has 3 rings (SSSR count). The van der Waals surface area contributed by atoms with Gasteiger partial charge in [0.05, 0.1) is 6.10 Å². The molecule has 23 heavy (non-hydrogen) atoms. The van der Waals surface area contributed by atoms with Gasteiger partial charge in [0, 0.05) is 47.2 Å². The lowest BCUT2D eigenvalue weighted by molar-refractivity contribution is -0.116. The van der Waals surface area contributed by atoms with Gasteiger partial charge in [0.15, 0.2) is 0 Å². The number of hydrogen-bond acceptors (Lipinski definition) is 3. The van der Waals surface area contributed by atoms with Crippen LogP contribution in [-0.4, -0.2) is 22.1 Å². The second-order valence-corrected chi connectivity index (χ2v) is 6.30. The van der Waals surface area contributed by atoms with Crippen molar-refractivity contribution in [1.82, 2.24) is 9.88 Å². The predicted octanol–water partition coefficient (Wildman–Crippen LogP) is 3.10. The van der Waals surface area contributed by atoms with E-state index in [9.17, 15) is 9.90 Å². The number of carbonyl (C=O) groups excluding carboxylic acids is 1. The van der Waals surface area contributed by atoms with E-state index in [4.69, 9.17) is 0 Å². The van der Waals surface area contributed by atoms with Crippen LogP contribution < -0.4 is 5.32 Å². The van der Waals surface area contributed by atoms with Crippen LogP contribution in [0.5, 0.6) is 0 Å². The maximum Gasteiger partial charge on any atom is 0.244 e. The molecule has 2 N–H and O–H groups in total. The van der Waals surface area contributed by atoms with Crippen LogP contribution in [0, 0.1) is 0 Å². The number of carbonyl (C=O) groups is 1. The van der Waals surface area contributed by atoms with Crippen molar-refractivity contribution in [2.75, 3.05) is 6.54 Å². The number of hydrogen-bond donors (Lipinski definition) is 2. The molecule has 4 nitrogen and oxygen atoms in total. The fourth-order valence-electron chi connectivity index (χ4n) is 2.55. The van der Waals surface area contributed by atoms with Crippen molar-refractivity contribution in [2.45, 2.75) is 6.10 Å². The second-order valence-electron chi connectivity index (χ2n) is 5.32. The van der Waals surface area contributed by atoms with E-state index in [1.54, 1.807) is 17.4 Å². The SMILES string of the molecule is Cn1cc([C@H](O)CNC(=O)/C=C/c2cccs2)c2ccccc21. The zero-order valence-corrected chi connectivity index (χ0v) is 13.6. The zero-order chi connectivity index (χ0) is 16.2. The van der Waals surface area contributed by atoms with Crippen molar-refractivity contribution in [3.05, 3.63) is 64.5 Å². The third-order valence-electron chi connectivity index (χ3n) is 3.70. The van der Waals surface area contributed by atoms with E-state index in [0.29, 0.717) is 0 Å². The molecule has 0 aliphatic carbocycles. The standard InChI is InChI=1S/C18H18N2O2S/c1-20-12-15(14-6-2-3-7-16(14)20)17(21)11-19-18(22)9-8-13-5-4-10-23-13/h2-10,12,17,21H,11H2,1H3,(H,19,22)/b9-8+/t17-/m1/s1. The van der Waals surface area contributed by atoms with Crippen molar-refractivity contribution < 1.29 is 9.90 Å². The fourth-order valence-corrected chi connectivity index (χ4v) is 3.17.